The Kier molecular flexibility index (Phi) is 5.31. The summed E-state index contributed by atoms with van der Waals surface area (Å²) in [6, 6.07) is 11.8. The maximum Gasteiger partial charge on any atom is 0.321 e. The topological polar surface area (TPSA) is 50.4 Å². The van der Waals surface area contributed by atoms with Crippen molar-refractivity contribution in [1.29, 1.82) is 0 Å². The lowest BCUT2D eigenvalue weighted by atomic mass is 10.2. The zero-order valence-corrected chi connectivity index (χ0v) is 12.8. The van der Waals surface area contributed by atoms with Crippen LogP contribution in [0.1, 0.15) is 5.56 Å². The van der Waals surface area contributed by atoms with Gasteiger partial charge >= 0.3 is 6.03 Å². The number of nitrogens with one attached hydrogen (secondary N) is 2. The van der Waals surface area contributed by atoms with Crippen LogP contribution in [0.2, 0.25) is 10.0 Å². The summed E-state index contributed by atoms with van der Waals surface area (Å²) in [5, 5.41) is 6.50. The molecule has 0 atom stereocenters. The predicted molar refractivity (Wildman–Crippen MR) is 85.3 cm³/mol. The first kappa shape index (κ1) is 15.5. The first-order valence-corrected chi connectivity index (χ1v) is 6.99. The van der Waals surface area contributed by atoms with Gasteiger partial charge in [-0.25, -0.2) is 4.79 Å². The van der Waals surface area contributed by atoms with Gasteiger partial charge in [0.2, 0.25) is 0 Å². The van der Waals surface area contributed by atoms with Crippen LogP contribution in [-0.2, 0) is 0 Å². The number of anilines is 1. The summed E-state index contributed by atoms with van der Waals surface area (Å²) in [5.74, 6) is 0.624. The Morgan fingerprint density at radius 1 is 1.10 bits per heavy atom. The van der Waals surface area contributed by atoms with Crippen molar-refractivity contribution in [2.75, 3.05) is 12.0 Å². The van der Waals surface area contributed by atoms with Crippen molar-refractivity contribution >= 4 is 34.9 Å². The van der Waals surface area contributed by atoms with E-state index in [1.165, 1.54) is 0 Å². The van der Waals surface area contributed by atoms with Crippen molar-refractivity contribution in [3.8, 4) is 5.75 Å². The average molecular weight is 325 g/mol. The highest BCUT2D eigenvalue weighted by Gasteiger charge is 2.05. The second-order valence-corrected chi connectivity index (χ2v) is 5.21. The molecule has 21 heavy (non-hydrogen) atoms. The molecule has 110 valence electrons. The van der Waals surface area contributed by atoms with Crippen LogP contribution in [0.4, 0.5) is 10.5 Å². The molecule has 0 aliphatic carbocycles. The van der Waals surface area contributed by atoms with Crippen LogP contribution in [0.5, 0.6) is 5.75 Å². The molecule has 0 bridgehead atoms. The van der Waals surface area contributed by atoms with Crippen LogP contribution in [0.3, 0.4) is 0 Å². The number of aryl methyl sites for hydroxylation is 1. The van der Waals surface area contributed by atoms with Gasteiger partial charge in [0.05, 0.1) is 0 Å². The maximum atomic E-state index is 11.8. The van der Waals surface area contributed by atoms with Crippen LogP contribution in [0.25, 0.3) is 0 Å². The zero-order chi connectivity index (χ0) is 15.2. The number of halogens is 2. The summed E-state index contributed by atoms with van der Waals surface area (Å²) in [6.45, 7) is 1.93. The number of amides is 2. The van der Waals surface area contributed by atoms with Crippen molar-refractivity contribution in [2.45, 2.75) is 6.92 Å². The third-order valence-corrected chi connectivity index (χ3v) is 3.22. The molecule has 0 radical (unpaired) electrons. The Hall–Kier alpha value is -1.91. The Labute approximate surface area is 133 Å². The minimum absolute atomic E-state index is 0.0487. The molecule has 0 aliphatic rings. The second kappa shape index (κ2) is 7.20. The molecule has 0 fully saturated rings. The van der Waals surface area contributed by atoms with Crippen LogP contribution in [0, 0.1) is 6.92 Å². The molecular weight excluding hydrogens is 311 g/mol. The Bertz CT molecular complexity index is 630. The summed E-state index contributed by atoms with van der Waals surface area (Å²) >= 11 is 11.7. The van der Waals surface area contributed by atoms with Crippen LogP contribution in [-0.4, -0.2) is 12.8 Å². The first-order chi connectivity index (χ1) is 10.0. The van der Waals surface area contributed by atoms with E-state index >= 15 is 0 Å². The molecule has 2 amide bonds. The van der Waals surface area contributed by atoms with Crippen molar-refractivity contribution in [2.24, 2.45) is 0 Å². The highest BCUT2D eigenvalue weighted by Crippen LogP contribution is 2.20. The van der Waals surface area contributed by atoms with Gasteiger partial charge in [-0.15, -0.1) is 0 Å². The fraction of sp³-hybridized carbons (Fsp3) is 0.133. The number of carbonyl (C=O) groups is 1. The Morgan fingerprint density at radius 2 is 1.76 bits per heavy atom. The lowest BCUT2D eigenvalue weighted by Gasteiger charge is -2.11. The number of rotatable bonds is 4. The van der Waals surface area contributed by atoms with E-state index in [9.17, 15) is 4.79 Å². The summed E-state index contributed by atoms with van der Waals surface area (Å²) in [5.41, 5.74) is 1.58. The molecule has 2 N–H and O–H groups in total. The summed E-state index contributed by atoms with van der Waals surface area (Å²) in [4.78, 5) is 11.8. The molecule has 4 nitrogen and oxygen atoms in total. The highest BCUT2D eigenvalue weighted by atomic mass is 35.5. The fourth-order valence-electron chi connectivity index (χ4n) is 1.61. The van der Waals surface area contributed by atoms with E-state index in [0.29, 0.717) is 21.5 Å². The van der Waals surface area contributed by atoms with Crippen molar-refractivity contribution in [1.82, 2.24) is 5.32 Å². The molecule has 0 aliphatic heterocycles. The largest absolute Gasteiger partial charge is 0.473 e. The minimum Gasteiger partial charge on any atom is -0.473 e. The number of urea groups is 1. The molecule has 0 heterocycles. The third kappa shape index (κ3) is 4.85. The minimum atomic E-state index is -0.366. The number of hydrogen-bond donors (Lipinski definition) is 2. The molecule has 0 aromatic heterocycles. The molecule has 0 saturated heterocycles. The average Bonchev–Trinajstić information content (AvgIpc) is 2.45. The van der Waals surface area contributed by atoms with Gasteiger partial charge in [-0.2, -0.15) is 0 Å². The quantitative estimate of drug-likeness (QED) is 0.816. The van der Waals surface area contributed by atoms with E-state index in [1.807, 2.05) is 13.0 Å². The van der Waals surface area contributed by atoms with Crippen molar-refractivity contribution < 1.29 is 9.53 Å². The number of benzene rings is 2. The third-order valence-electron chi connectivity index (χ3n) is 2.73. The van der Waals surface area contributed by atoms with Gasteiger partial charge in [0.25, 0.3) is 0 Å². The first-order valence-electron chi connectivity index (χ1n) is 6.24. The fourth-order valence-corrected chi connectivity index (χ4v) is 1.91. The van der Waals surface area contributed by atoms with E-state index in [4.69, 9.17) is 27.9 Å². The van der Waals surface area contributed by atoms with E-state index in [1.54, 1.807) is 36.4 Å². The smallest absolute Gasteiger partial charge is 0.321 e. The van der Waals surface area contributed by atoms with E-state index in [-0.39, 0.29) is 12.8 Å². The molecule has 2 rings (SSSR count). The van der Waals surface area contributed by atoms with Crippen molar-refractivity contribution in [3.05, 3.63) is 58.1 Å². The zero-order valence-electron chi connectivity index (χ0n) is 11.3. The van der Waals surface area contributed by atoms with Gasteiger partial charge in [-0.3, -0.25) is 0 Å². The van der Waals surface area contributed by atoms with Gasteiger partial charge in [0.15, 0.2) is 6.73 Å². The van der Waals surface area contributed by atoms with E-state index < -0.39 is 0 Å². The molecule has 0 saturated carbocycles. The Balaban J connectivity index is 1.82. The monoisotopic (exact) mass is 324 g/mol. The van der Waals surface area contributed by atoms with Gasteiger partial charge in [-0.05, 0) is 48.9 Å². The molecule has 6 heteroatoms. The molecular formula is C15H14Cl2N2O2. The van der Waals surface area contributed by atoms with Gasteiger partial charge in [0, 0.05) is 15.7 Å². The molecule has 0 spiro atoms. The maximum absolute atomic E-state index is 11.8. The number of carbonyl (C=O) groups excluding carboxylic acids is 1. The summed E-state index contributed by atoms with van der Waals surface area (Å²) < 4.78 is 5.37. The summed E-state index contributed by atoms with van der Waals surface area (Å²) in [6.07, 6.45) is 0. The SMILES string of the molecule is Cc1ccc(Cl)cc1NC(=O)NCOc1ccc(Cl)cc1. The summed E-state index contributed by atoms with van der Waals surface area (Å²) in [7, 11) is 0. The van der Waals surface area contributed by atoms with Gasteiger partial charge in [0.1, 0.15) is 5.75 Å². The van der Waals surface area contributed by atoms with E-state index in [2.05, 4.69) is 10.6 Å². The molecule has 2 aromatic rings. The highest BCUT2D eigenvalue weighted by molar-refractivity contribution is 6.31. The predicted octanol–water partition coefficient (Wildman–Crippen LogP) is 4.46. The Morgan fingerprint density at radius 3 is 2.48 bits per heavy atom. The van der Waals surface area contributed by atoms with Crippen LogP contribution >= 0.6 is 23.2 Å². The normalized spacial score (nSPS) is 10.0. The standard InChI is InChI=1S/C15H14Cl2N2O2/c1-10-2-3-12(17)8-14(10)19-15(20)18-9-21-13-6-4-11(16)5-7-13/h2-8H,9H2,1H3,(H2,18,19,20). The number of ether oxygens (including phenoxy) is 1. The number of hydrogen-bond acceptors (Lipinski definition) is 2. The van der Waals surface area contributed by atoms with Gasteiger partial charge < -0.3 is 15.4 Å². The van der Waals surface area contributed by atoms with Crippen LogP contribution < -0.4 is 15.4 Å². The van der Waals surface area contributed by atoms with E-state index in [0.717, 1.165) is 5.56 Å². The lowest BCUT2D eigenvalue weighted by molar-refractivity contribution is 0.234. The van der Waals surface area contributed by atoms with Crippen LogP contribution in [0.15, 0.2) is 42.5 Å². The molecule has 0 unspecified atom stereocenters. The van der Waals surface area contributed by atoms with Crippen molar-refractivity contribution in [3.63, 3.8) is 0 Å². The van der Waals surface area contributed by atoms with Gasteiger partial charge in [-0.1, -0.05) is 29.3 Å². The lowest BCUT2D eigenvalue weighted by Crippen LogP contribution is -2.32. The molecule has 2 aromatic carbocycles. The second-order valence-electron chi connectivity index (χ2n) is 4.33.